The van der Waals surface area contributed by atoms with Crippen molar-refractivity contribution < 1.29 is 9.66 Å². The molecular formula is C15H13ClN2O3. The molecule has 21 heavy (non-hydrogen) atoms. The summed E-state index contributed by atoms with van der Waals surface area (Å²) in [6, 6.07) is 9.64. The largest absolute Gasteiger partial charge is 0.486 e. The topological polar surface area (TPSA) is 65.3 Å². The Kier molecular flexibility index (Phi) is 4.55. The maximum absolute atomic E-state index is 10.6. The highest BCUT2D eigenvalue weighted by Gasteiger charge is 2.10. The van der Waals surface area contributed by atoms with Gasteiger partial charge < -0.3 is 4.74 Å². The van der Waals surface area contributed by atoms with E-state index in [2.05, 4.69) is 11.6 Å². The van der Waals surface area contributed by atoms with Gasteiger partial charge in [-0.05, 0) is 30.7 Å². The number of nitro benzene ring substituents is 1. The van der Waals surface area contributed by atoms with Gasteiger partial charge in [0, 0.05) is 12.1 Å². The normalized spacial score (nSPS) is 10.2. The molecule has 0 aliphatic carbocycles. The molecule has 0 unspecified atom stereocenters. The predicted molar refractivity (Wildman–Crippen MR) is 81.4 cm³/mol. The Morgan fingerprint density at radius 2 is 2.19 bits per heavy atom. The van der Waals surface area contributed by atoms with Crippen molar-refractivity contribution in [1.29, 1.82) is 0 Å². The van der Waals surface area contributed by atoms with Crippen molar-refractivity contribution in [2.45, 2.75) is 13.5 Å². The summed E-state index contributed by atoms with van der Waals surface area (Å²) in [6.45, 7) is 5.93. The summed E-state index contributed by atoms with van der Waals surface area (Å²) in [5.74, 6) is 0.379. The number of ether oxygens (including phenoxy) is 1. The third-order valence-corrected chi connectivity index (χ3v) is 3.04. The Balaban J connectivity index is 2.11. The van der Waals surface area contributed by atoms with Crippen molar-refractivity contribution in [2.24, 2.45) is 0 Å². The van der Waals surface area contributed by atoms with Crippen molar-refractivity contribution in [3.8, 4) is 5.75 Å². The van der Waals surface area contributed by atoms with Gasteiger partial charge in [-0.15, -0.1) is 0 Å². The van der Waals surface area contributed by atoms with E-state index in [0.29, 0.717) is 5.75 Å². The number of halogens is 1. The van der Waals surface area contributed by atoms with Gasteiger partial charge >= 0.3 is 0 Å². The van der Waals surface area contributed by atoms with Gasteiger partial charge in [-0.3, -0.25) is 10.1 Å². The molecule has 0 saturated heterocycles. The van der Waals surface area contributed by atoms with Crippen molar-refractivity contribution in [1.82, 2.24) is 4.98 Å². The Bertz CT molecular complexity index is 701. The molecule has 0 N–H and O–H groups in total. The molecule has 108 valence electrons. The van der Waals surface area contributed by atoms with Crippen LogP contribution in [-0.2, 0) is 6.61 Å². The highest BCUT2D eigenvalue weighted by molar-refractivity contribution is 6.32. The van der Waals surface area contributed by atoms with Crippen LogP contribution in [0.1, 0.15) is 18.3 Å². The summed E-state index contributed by atoms with van der Waals surface area (Å²) in [4.78, 5) is 14.5. The minimum absolute atomic E-state index is 0.0743. The second-order valence-electron chi connectivity index (χ2n) is 4.46. The zero-order chi connectivity index (χ0) is 15.4. The number of benzene rings is 1. The molecule has 0 atom stereocenters. The molecule has 6 heteroatoms. The van der Waals surface area contributed by atoms with Gasteiger partial charge in [-0.25, -0.2) is 4.98 Å². The smallest absolute Gasteiger partial charge is 0.271 e. The van der Waals surface area contributed by atoms with E-state index in [9.17, 15) is 10.1 Å². The zero-order valence-electron chi connectivity index (χ0n) is 11.4. The van der Waals surface area contributed by atoms with E-state index in [1.807, 2.05) is 25.1 Å². The molecule has 0 radical (unpaired) electrons. The van der Waals surface area contributed by atoms with Crippen molar-refractivity contribution >= 4 is 22.9 Å². The van der Waals surface area contributed by atoms with Crippen LogP contribution in [0.4, 0.5) is 5.69 Å². The molecule has 2 aromatic rings. The van der Waals surface area contributed by atoms with E-state index in [1.54, 1.807) is 0 Å². The van der Waals surface area contributed by atoms with Crippen LogP contribution in [0.3, 0.4) is 0 Å². The number of hydrogen-bond donors (Lipinski definition) is 0. The molecule has 1 heterocycles. The van der Waals surface area contributed by atoms with E-state index < -0.39 is 4.92 Å². The Morgan fingerprint density at radius 1 is 1.43 bits per heavy atom. The predicted octanol–water partition coefficient (Wildman–Crippen LogP) is 4.26. The highest BCUT2D eigenvalue weighted by Crippen LogP contribution is 2.29. The lowest BCUT2D eigenvalue weighted by molar-refractivity contribution is -0.384. The quantitative estimate of drug-likeness (QED) is 0.611. The van der Waals surface area contributed by atoms with Crippen LogP contribution in [0.2, 0.25) is 5.02 Å². The number of nitrogens with zero attached hydrogens (tertiary/aromatic N) is 2. The molecule has 2 rings (SSSR count). The fourth-order valence-corrected chi connectivity index (χ4v) is 1.90. The lowest BCUT2D eigenvalue weighted by atomic mass is 10.2. The van der Waals surface area contributed by atoms with Crippen LogP contribution in [0, 0.1) is 10.1 Å². The monoisotopic (exact) mass is 304 g/mol. The van der Waals surface area contributed by atoms with Crippen LogP contribution in [0.5, 0.6) is 5.75 Å². The summed E-state index contributed by atoms with van der Waals surface area (Å²) < 4.78 is 5.55. The highest BCUT2D eigenvalue weighted by atomic mass is 35.5. The first-order valence-corrected chi connectivity index (χ1v) is 6.53. The average Bonchev–Trinajstić information content (AvgIpc) is 2.46. The number of hydrogen-bond acceptors (Lipinski definition) is 4. The van der Waals surface area contributed by atoms with Crippen LogP contribution in [-0.4, -0.2) is 9.91 Å². The molecule has 0 fully saturated rings. The van der Waals surface area contributed by atoms with Gasteiger partial charge in [0.1, 0.15) is 12.4 Å². The van der Waals surface area contributed by atoms with E-state index in [0.717, 1.165) is 17.0 Å². The lowest BCUT2D eigenvalue weighted by Gasteiger charge is -2.08. The number of aromatic nitrogens is 1. The SMILES string of the molecule is C=C(C)c1cccc(COc2ccc([N+](=O)[O-])cc2Cl)n1. The number of pyridine rings is 1. The van der Waals surface area contributed by atoms with E-state index in [1.165, 1.54) is 18.2 Å². The summed E-state index contributed by atoms with van der Waals surface area (Å²) >= 11 is 5.96. The summed E-state index contributed by atoms with van der Waals surface area (Å²) in [7, 11) is 0. The number of nitro groups is 1. The molecule has 0 aliphatic rings. The Hall–Kier alpha value is -2.40. The van der Waals surface area contributed by atoms with Gasteiger partial charge in [0.25, 0.3) is 5.69 Å². The number of allylic oxidation sites excluding steroid dienone is 1. The molecule has 0 spiro atoms. The maximum Gasteiger partial charge on any atom is 0.271 e. The van der Waals surface area contributed by atoms with Gasteiger partial charge in [0.05, 0.1) is 21.3 Å². The molecule has 1 aromatic heterocycles. The van der Waals surface area contributed by atoms with Crippen molar-refractivity contribution in [3.63, 3.8) is 0 Å². The van der Waals surface area contributed by atoms with E-state index in [-0.39, 0.29) is 17.3 Å². The Labute approximate surface area is 127 Å². The van der Waals surface area contributed by atoms with Crippen LogP contribution < -0.4 is 4.74 Å². The molecule has 0 amide bonds. The Morgan fingerprint density at radius 3 is 2.81 bits per heavy atom. The van der Waals surface area contributed by atoms with E-state index >= 15 is 0 Å². The third-order valence-electron chi connectivity index (χ3n) is 2.75. The maximum atomic E-state index is 10.6. The second-order valence-corrected chi connectivity index (χ2v) is 4.86. The lowest BCUT2D eigenvalue weighted by Crippen LogP contribution is -2.00. The second kappa shape index (κ2) is 6.37. The van der Waals surface area contributed by atoms with Crippen LogP contribution in [0.25, 0.3) is 5.57 Å². The fourth-order valence-electron chi connectivity index (χ4n) is 1.67. The van der Waals surface area contributed by atoms with Crippen molar-refractivity contribution in [3.05, 3.63) is 69.5 Å². The van der Waals surface area contributed by atoms with Gasteiger partial charge in [0.15, 0.2) is 0 Å². The fraction of sp³-hybridized carbons (Fsp3) is 0.133. The number of non-ortho nitro benzene ring substituents is 1. The average molecular weight is 305 g/mol. The first kappa shape index (κ1) is 15.0. The van der Waals surface area contributed by atoms with Gasteiger partial charge in [-0.2, -0.15) is 0 Å². The third kappa shape index (κ3) is 3.79. The van der Waals surface area contributed by atoms with Crippen LogP contribution >= 0.6 is 11.6 Å². The minimum Gasteiger partial charge on any atom is -0.486 e. The molecular weight excluding hydrogens is 292 g/mol. The summed E-state index contributed by atoms with van der Waals surface area (Å²) in [5.41, 5.74) is 2.32. The van der Waals surface area contributed by atoms with Crippen LogP contribution in [0.15, 0.2) is 43.0 Å². The minimum atomic E-state index is -0.506. The standard InChI is InChI=1S/C15H13ClN2O3/c1-10(2)14-5-3-4-11(17-14)9-21-15-7-6-12(18(19)20)8-13(15)16/h3-8H,1,9H2,2H3. The molecule has 0 saturated carbocycles. The molecule has 0 bridgehead atoms. The zero-order valence-corrected chi connectivity index (χ0v) is 12.1. The van der Waals surface area contributed by atoms with Gasteiger partial charge in [-0.1, -0.05) is 24.2 Å². The van der Waals surface area contributed by atoms with E-state index in [4.69, 9.17) is 16.3 Å². The summed E-state index contributed by atoms with van der Waals surface area (Å²) in [5, 5.41) is 10.8. The molecule has 5 nitrogen and oxygen atoms in total. The first-order chi connectivity index (χ1) is 9.97. The molecule has 0 aliphatic heterocycles. The molecule has 1 aromatic carbocycles. The van der Waals surface area contributed by atoms with Gasteiger partial charge in [0.2, 0.25) is 0 Å². The number of rotatable bonds is 5. The first-order valence-electron chi connectivity index (χ1n) is 6.16. The van der Waals surface area contributed by atoms with Crippen molar-refractivity contribution in [2.75, 3.05) is 0 Å². The summed E-state index contributed by atoms with van der Waals surface area (Å²) in [6.07, 6.45) is 0.